The molecule has 0 saturated heterocycles. The lowest BCUT2D eigenvalue weighted by Gasteiger charge is -2.32. The van der Waals surface area contributed by atoms with Gasteiger partial charge in [0.25, 0.3) is 0 Å². The lowest BCUT2D eigenvalue weighted by Crippen LogP contribution is -2.47. The van der Waals surface area contributed by atoms with Gasteiger partial charge in [-0.3, -0.25) is 14.2 Å². The van der Waals surface area contributed by atoms with Crippen LogP contribution in [0.3, 0.4) is 0 Å². The SMILES string of the molecule is O=CN(CC(OCc1ccccc1)C(O)C(CCP(=O)(O)O)OCc1ccccc1)OCc1ccccc1. The predicted molar refractivity (Wildman–Crippen MR) is 142 cm³/mol. The molecule has 0 bridgehead atoms. The summed E-state index contributed by atoms with van der Waals surface area (Å²) in [6.45, 7) is 0.257. The highest BCUT2D eigenvalue weighted by molar-refractivity contribution is 7.51. The van der Waals surface area contributed by atoms with E-state index >= 15 is 0 Å². The van der Waals surface area contributed by atoms with Crippen molar-refractivity contribution in [2.24, 2.45) is 0 Å². The van der Waals surface area contributed by atoms with Crippen LogP contribution in [-0.4, -0.2) is 57.4 Å². The lowest BCUT2D eigenvalue weighted by atomic mass is 10.0. The van der Waals surface area contributed by atoms with Gasteiger partial charge in [-0.25, -0.2) is 5.06 Å². The molecule has 0 aliphatic heterocycles. The number of hydrogen-bond acceptors (Lipinski definition) is 6. The fraction of sp³-hybridized carbons (Fsp3) is 0.321. The molecule has 0 aromatic heterocycles. The zero-order chi connectivity index (χ0) is 27.2. The molecule has 3 rings (SSSR count). The van der Waals surface area contributed by atoms with Gasteiger partial charge in [0.1, 0.15) is 18.8 Å². The van der Waals surface area contributed by atoms with E-state index in [4.69, 9.17) is 14.3 Å². The number of hydroxylamine groups is 2. The Kier molecular flexibility index (Phi) is 12.1. The number of carbonyl (C=O) groups excluding carboxylic acids is 1. The van der Waals surface area contributed by atoms with Crippen molar-refractivity contribution in [3.63, 3.8) is 0 Å². The van der Waals surface area contributed by atoms with Gasteiger partial charge >= 0.3 is 7.60 Å². The van der Waals surface area contributed by atoms with Crippen LogP contribution in [0, 0.1) is 0 Å². The van der Waals surface area contributed by atoms with Crippen molar-refractivity contribution in [3.05, 3.63) is 108 Å². The Balaban J connectivity index is 1.75. The van der Waals surface area contributed by atoms with Gasteiger partial charge in [-0.2, -0.15) is 0 Å². The standard InChI is InChI=1S/C28H34NO8P/c30-22-29(37-21-25-14-8-3-9-15-25)18-27(36-20-24-12-6-2-7-13-24)28(31)26(16-17-38(32,33)34)35-19-23-10-4-1-5-11-23/h1-15,22,26-28,31H,16-21H2,(H2,32,33,34). The molecule has 1 amide bonds. The van der Waals surface area contributed by atoms with Gasteiger partial charge in [0.15, 0.2) is 0 Å². The highest BCUT2D eigenvalue weighted by Crippen LogP contribution is 2.36. The van der Waals surface area contributed by atoms with E-state index < -0.39 is 32.1 Å². The summed E-state index contributed by atoms with van der Waals surface area (Å²) < 4.78 is 23.6. The third-order valence-corrected chi connectivity index (χ3v) is 6.64. The molecule has 0 aliphatic carbocycles. The van der Waals surface area contributed by atoms with Crippen LogP contribution >= 0.6 is 7.60 Å². The smallest absolute Gasteiger partial charge is 0.325 e. The molecule has 0 spiro atoms. The largest absolute Gasteiger partial charge is 0.388 e. The number of benzene rings is 3. The number of nitrogens with zero attached hydrogens (tertiary/aromatic N) is 1. The average molecular weight is 544 g/mol. The third kappa shape index (κ3) is 10.8. The van der Waals surface area contributed by atoms with Crippen molar-refractivity contribution < 1.29 is 38.6 Å². The Labute approximate surface area is 222 Å². The van der Waals surface area contributed by atoms with Gasteiger partial charge in [0.05, 0.1) is 32.0 Å². The first-order valence-corrected chi connectivity index (χ1v) is 14.1. The van der Waals surface area contributed by atoms with E-state index in [0.29, 0.717) is 6.41 Å². The second-order valence-electron chi connectivity index (χ2n) is 8.80. The van der Waals surface area contributed by atoms with E-state index in [0.717, 1.165) is 21.8 Å². The molecule has 9 nitrogen and oxygen atoms in total. The summed E-state index contributed by atoms with van der Waals surface area (Å²) in [5.74, 6) is 0. The summed E-state index contributed by atoms with van der Waals surface area (Å²) in [6, 6.07) is 27.9. The van der Waals surface area contributed by atoms with E-state index in [9.17, 15) is 24.3 Å². The van der Waals surface area contributed by atoms with Gasteiger partial charge in [-0.15, -0.1) is 0 Å². The number of carbonyl (C=O) groups is 1. The highest BCUT2D eigenvalue weighted by Gasteiger charge is 2.33. The molecule has 0 heterocycles. The van der Waals surface area contributed by atoms with Crippen LogP contribution in [0.2, 0.25) is 0 Å². The van der Waals surface area contributed by atoms with Gasteiger partial charge < -0.3 is 24.4 Å². The maximum Gasteiger partial charge on any atom is 0.325 e. The lowest BCUT2D eigenvalue weighted by molar-refractivity contribution is -0.201. The molecule has 10 heteroatoms. The first-order valence-electron chi connectivity index (χ1n) is 12.3. The summed E-state index contributed by atoms with van der Waals surface area (Å²) in [6.07, 6.45) is -3.37. The molecule has 3 unspecified atom stereocenters. The van der Waals surface area contributed by atoms with Crippen molar-refractivity contribution in [1.82, 2.24) is 5.06 Å². The molecular weight excluding hydrogens is 509 g/mol. The van der Waals surface area contributed by atoms with Gasteiger partial charge in [0, 0.05) is 0 Å². The maximum atomic E-state index is 11.8. The zero-order valence-electron chi connectivity index (χ0n) is 21.0. The maximum absolute atomic E-state index is 11.8. The number of ether oxygens (including phenoxy) is 2. The average Bonchev–Trinajstić information content (AvgIpc) is 2.93. The molecular formula is C28H34NO8P. The Morgan fingerprint density at radius 1 is 0.737 bits per heavy atom. The van der Waals surface area contributed by atoms with Crippen LogP contribution in [0.5, 0.6) is 0 Å². The van der Waals surface area contributed by atoms with Crippen molar-refractivity contribution >= 4 is 14.0 Å². The molecule has 0 aliphatic rings. The molecule has 3 aromatic carbocycles. The van der Waals surface area contributed by atoms with Gasteiger partial charge in [-0.1, -0.05) is 91.0 Å². The van der Waals surface area contributed by atoms with Crippen molar-refractivity contribution in [2.45, 2.75) is 44.6 Å². The first kappa shape index (κ1) is 29.7. The van der Waals surface area contributed by atoms with Crippen LogP contribution in [-0.2, 0) is 43.5 Å². The number of hydrogen-bond donors (Lipinski definition) is 3. The normalized spacial score (nSPS) is 14.0. The fourth-order valence-corrected chi connectivity index (χ4v) is 4.33. The molecule has 0 radical (unpaired) electrons. The van der Waals surface area contributed by atoms with Crippen LogP contribution in [0.15, 0.2) is 91.0 Å². The third-order valence-electron chi connectivity index (χ3n) is 5.80. The Hall–Kier alpha value is -2.88. The predicted octanol–water partition coefficient (Wildman–Crippen LogP) is 3.68. The Morgan fingerprint density at radius 3 is 1.63 bits per heavy atom. The molecule has 3 aromatic rings. The van der Waals surface area contributed by atoms with Crippen molar-refractivity contribution in [3.8, 4) is 0 Å². The van der Waals surface area contributed by atoms with Crippen LogP contribution in [0.25, 0.3) is 0 Å². The molecule has 0 fully saturated rings. The fourth-order valence-electron chi connectivity index (χ4n) is 3.74. The number of amides is 1. The summed E-state index contributed by atoms with van der Waals surface area (Å²) >= 11 is 0. The summed E-state index contributed by atoms with van der Waals surface area (Å²) in [7, 11) is -4.35. The molecule has 3 N–H and O–H groups in total. The van der Waals surface area contributed by atoms with Crippen LogP contribution in [0.4, 0.5) is 0 Å². The number of aliphatic hydroxyl groups is 1. The van der Waals surface area contributed by atoms with E-state index in [1.54, 1.807) is 0 Å². The summed E-state index contributed by atoms with van der Waals surface area (Å²) in [5, 5.41) is 12.4. The van der Waals surface area contributed by atoms with E-state index in [1.165, 1.54) is 0 Å². The van der Waals surface area contributed by atoms with Crippen molar-refractivity contribution in [2.75, 3.05) is 12.7 Å². The van der Waals surface area contributed by atoms with Crippen LogP contribution in [0.1, 0.15) is 23.1 Å². The van der Waals surface area contributed by atoms with Gasteiger partial charge in [0.2, 0.25) is 6.41 Å². The minimum absolute atomic E-state index is 0.116. The van der Waals surface area contributed by atoms with E-state index in [2.05, 4.69) is 0 Å². The Bertz CT molecular complexity index is 1110. The number of rotatable bonds is 17. The zero-order valence-corrected chi connectivity index (χ0v) is 21.9. The monoisotopic (exact) mass is 543 g/mol. The second kappa shape index (κ2) is 15.5. The van der Waals surface area contributed by atoms with Crippen LogP contribution < -0.4 is 0 Å². The molecule has 3 atom stereocenters. The minimum atomic E-state index is -4.35. The number of aliphatic hydroxyl groups excluding tert-OH is 1. The van der Waals surface area contributed by atoms with Crippen molar-refractivity contribution in [1.29, 1.82) is 0 Å². The highest BCUT2D eigenvalue weighted by atomic mass is 31.2. The first-order chi connectivity index (χ1) is 18.3. The van der Waals surface area contributed by atoms with E-state index in [-0.39, 0.29) is 32.8 Å². The topological polar surface area (TPSA) is 126 Å². The molecule has 38 heavy (non-hydrogen) atoms. The van der Waals surface area contributed by atoms with E-state index in [1.807, 2.05) is 91.0 Å². The molecule has 0 saturated carbocycles. The minimum Gasteiger partial charge on any atom is -0.388 e. The quantitative estimate of drug-likeness (QED) is 0.134. The summed E-state index contributed by atoms with van der Waals surface area (Å²) in [4.78, 5) is 36.4. The molecule has 204 valence electrons. The second-order valence-corrected chi connectivity index (χ2v) is 10.6. The Morgan fingerprint density at radius 2 is 1.18 bits per heavy atom. The van der Waals surface area contributed by atoms with Gasteiger partial charge in [-0.05, 0) is 23.1 Å². The summed E-state index contributed by atoms with van der Waals surface area (Å²) in [5.41, 5.74) is 2.54.